The lowest BCUT2D eigenvalue weighted by Crippen LogP contribution is -2.35. The van der Waals surface area contributed by atoms with Crippen LogP contribution in [0.15, 0.2) is 30.3 Å². The molecule has 0 saturated heterocycles. The van der Waals surface area contributed by atoms with Gasteiger partial charge in [0.2, 0.25) is 0 Å². The molecule has 0 heterocycles. The van der Waals surface area contributed by atoms with Gasteiger partial charge in [-0.25, -0.2) is 0 Å². The van der Waals surface area contributed by atoms with E-state index in [4.69, 9.17) is 0 Å². The van der Waals surface area contributed by atoms with E-state index in [0.717, 1.165) is 5.56 Å². The Balaban J connectivity index is 3.13. The van der Waals surface area contributed by atoms with E-state index in [1.807, 2.05) is 18.2 Å². The Morgan fingerprint density at radius 2 is 2.00 bits per heavy atom. The summed E-state index contributed by atoms with van der Waals surface area (Å²) < 4.78 is -1.33. The normalized spacial score (nSPS) is 15.9. The van der Waals surface area contributed by atoms with Crippen LogP contribution in [0, 0.1) is 10.1 Å². The average molecular weight is 300 g/mol. The smallest absolute Gasteiger partial charge is 0.279 e. The van der Waals surface area contributed by atoms with Crippen LogP contribution < -0.4 is 0 Å². The van der Waals surface area contributed by atoms with Crippen molar-refractivity contribution in [1.29, 1.82) is 0 Å². The second-order valence-corrected chi connectivity index (χ2v) is 5.76. The van der Waals surface area contributed by atoms with Crippen molar-refractivity contribution < 1.29 is 9.72 Å². The van der Waals surface area contributed by atoms with E-state index in [1.165, 1.54) is 13.8 Å². The number of carbonyl (C=O) groups is 1. The van der Waals surface area contributed by atoms with Crippen LogP contribution in [0.4, 0.5) is 0 Å². The van der Waals surface area contributed by atoms with Gasteiger partial charge in [0.1, 0.15) is 5.78 Å². The Morgan fingerprint density at radius 3 is 2.41 bits per heavy atom. The Labute approximate surface area is 108 Å². The van der Waals surface area contributed by atoms with Gasteiger partial charge in [0, 0.05) is 34.2 Å². The summed E-state index contributed by atoms with van der Waals surface area (Å²) in [5.74, 6) is -0.539. The van der Waals surface area contributed by atoms with Crippen molar-refractivity contribution in [3.63, 3.8) is 0 Å². The summed E-state index contributed by atoms with van der Waals surface area (Å²) in [6.45, 7) is 2.92. The number of nitrogens with zero attached hydrogens (tertiary/aromatic N) is 1. The summed E-state index contributed by atoms with van der Waals surface area (Å²) in [5, 5.41) is 11.1. The molecule has 0 aliphatic heterocycles. The standard InChI is InChI=1S/C12H14BrNO3/c1-9(15)8-11(12(2,13)14(16)17)10-6-4-3-5-7-10/h3-7,11H,8H2,1-2H3. The predicted molar refractivity (Wildman–Crippen MR) is 68.8 cm³/mol. The molecule has 2 unspecified atom stereocenters. The number of rotatable bonds is 5. The molecule has 1 aromatic carbocycles. The number of nitro groups is 1. The number of ketones is 1. The molecule has 5 heteroatoms. The van der Waals surface area contributed by atoms with Gasteiger partial charge in [-0.05, 0) is 12.5 Å². The zero-order valence-corrected chi connectivity index (χ0v) is 11.3. The molecule has 0 fully saturated rings. The number of hydrogen-bond donors (Lipinski definition) is 0. The van der Waals surface area contributed by atoms with Crippen LogP contribution in [0.2, 0.25) is 0 Å². The van der Waals surface area contributed by atoms with Crippen LogP contribution in [-0.4, -0.2) is 15.2 Å². The van der Waals surface area contributed by atoms with Crippen LogP contribution in [0.5, 0.6) is 0 Å². The molecule has 4 nitrogen and oxygen atoms in total. The number of benzene rings is 1. The third-order valence-corrected chi connectivity index (χ3v) is 3.53. The van der Waals surface area contributed by atoms with E-state index in [0.29, 0.717) is 0 Å². The molecule has 0 amide bonds. The molecule has 0 saturated carbocycles. The zero-order chi connectivity index (χ0) is 13.1. The molecule has 1 rings (SSSR count). The second kappa shape index (κ2) is 5.40. The first-order valence-electron chi connectivity index (χ1n) is 5.23. The summed E-state index contributed by atoms with van der Waals surface area (Å²) >= 11 is 3.13. The highest BCUT2D eigenvalue weighted by molar-refractivity contribution is 9.10. The van der Waals surface area contributed by atoms with Crippen molar-refractivity contribution in [2.75, 3.05) is 0 Å². The van der Waals surface area contributed by atoms with Gasteiger partial charge in [-0.2, -0.15) is 0 Å². The molecule has 1 aromatic rings. The fourth-order valence-electron chi connectivity index (χ4n) is 1.71. The summed E-state index contributed by atoms with van der Waals surface area (Å²) in [7, 11) is 0. The second-order valence-electron chi connectivity index (χ2n) is 4.15. The van der Waals surface area contributed by atoms with Crippen LogP contribution in [0.25, 0.3) is 0 Å². The maximum atomic E-state index is 11.3. The van der Waals surface area contributed by atoms with Crippen molar-refractivity contribution in [2.24, 2.45) is 0 Å². The maximum absolute atomic E-state index is 11.3. The molecule has 0 aromatic heterocycles. The molecular formula is C12H14BrNO3. The molecule has 0 aliphatic rings. The first kappa shape index (κ1) is 13.8. The van der Waals surface area contributed by atoms with Crippen LogP contribution in [-0.2, 0) is 4.79 Å². The molecular weight excluding hydrogens is 286 g/mol. The van der Waals surface area contributed by atoms with E-state index in [9.17, 15) is 14.9 Å². The van der Waals surface area contributed by atoms with E-state index < -0.39 is 15.3 Å². The SMILES string of the molecule is CC(=O)CC(c1ccccc1)C(C)(Br)[N+](=O)[O-]. The van der Waals surface area contributed by atoms with Crippen LogP contribution in [0.3, 0.4) is 0 Å². The molecule has 0 radical (unpaired) electrons. The lowest BCUT2D eigenvalue weighted by molar-refractivity contribution is -0.535. The largest absolute Gasteiger partial charge is 0.300 e. The summed E-state index contributed by atoms with van der Waals surface area (Å²) in [5.41, 5.74) is 0.791. The third kappa shape index (κ3) is 3.36. The van der Waals surface area contributed by atoms with Crippen LogP contribution in [0.1, 0.15) is 31.7 Å². The van der Waals surface area contributed by atoms with E-state index >= 15 is 0 Å². The fraction of sp³-hybridized carbons (Fsp3) is 0.417. The number of Topliss-reactive ketones (excluding diaryl/α,β-unsaturated/α-hetero) is 1. The quantitative estimate of drug-likeness (QED) is 0.363. The Bertz CT molecular complexity index is 417. The number of alkyl halides is 1. The lowest BCUT2D eigenvalue weighted by Gasteiger charge is -2.24. The Hall–Kier alpha value is -1.23. The van der Waals surface area contributed by atoms with E-state index in [-0.39, 0.29) is 12.2 Å². The molecule has 0 aliphatic carbocycles. The molecule has 0 bridgehead atoms. The van der Waals surface area contributed by atoms with Crippen molar-refractivity contribution in [3.8, 4) is 0 Å². The van der Waals surface area contributed by atoms with Gasteiger partial charge in [-0.15, -0.1) is 0 Å². The van der Waals surface area contributed by atoms with Crippen LogP contribution >= 0.6 is 15.9 Å². The van der Waals surface area contributed by atoms with Crippen molar-refractivity contribution >= 4 is 21.7 Å². The summed E-state index contributed by atoms with van der Waals surface area (Å²) in [4.78, 5) is 21.9. The van der Waals surface area contributed by atoms with E-state index in [1.54, 1.807) is 12.1 Å². The molecule has 0 spiro atoms. The highest BCUT2D eigenvalue weighted by atomic mass is 79.9. The van der Waals surface area contributed by atoms with Gasteiger partial charge < -0.3 is 4.79 Å². The maximum Gasteiger partial charge on any atom is 0.279 e. The summed E-state index contributed by atoms with van der Waals surface area (Å²) in [6.07, 6.45) is 0.146. The van der Waals surface area contributed by atoms with Gasteiger partial charge in [0.25, 0.3) is 4.45 Å². The Kier molecular flexibility index (Phi) is 4.40. The number of hydrogen-bond acceptors (Lipinski definition) is 3. The molecule has 17 heavy (non-hydrogen) atoms. The number of carbonyl (C=O) groups excluding carboxylic acids is 1. The number of halogens is 1. The first-order chi connectivity index (χ1) is 7.85. The third-order valence-electron chi connectivity index (χ3n) is 2.69. The predicted octanol–water partition coefficient (Wildman–Crippen LogP) is 3.14. The minimum Gasteiger partial charge on any atom is -0.300 e. The molecule has 2 atom stereocenters. The Morgan fingerprint density at radius 1 is 1.47 bits per heavy atom. The van der Waals surface area contributed by atoms with Gasteiger partial charge in [0.15, 0.2) is 0 Å². The van der Waals surface area contributed by atoms with Gasteiger partial charge >= 0.3 is 0 Å². The molecule has 92 valence electrons. The molecule has 0 N–H and O–H groups in total. The highest BCUT2D eigenvalue weighted by Crippen LogP contribution is 2.38. The monoisotopic (exact) mass is 299 g/mol. The lowest BCUT2D eigenvalue weighted by atomic mass is 9.88. The topological polar surface area (TPSA) is 60.2 Å². The first-order valence-corrected chi connectivity index (χ1v) is 6.02. The van der Waals surface area contributed by atoms with Crippen molar-refractivity contribution in [1.82, 2.24) is 0 Å². The van der Waals surface area contributed by atoms with Crippen molar-refractivity contribution in [3.05, 3.63) is 46.0 Å². The highest BCUT2D eigenvalue weighted by Gasteiger charge is 2.44. The van der Waals surface area contributed by atoms with Gasteiger partial charge in [-0.3, -0.25) is 10.1 Å². The fourth-order valence-corrected chi connectivity index (χ4v) is 2.13. The zero-order valence-electron chi connectivity index (χ0n) is 9.72. The van der Waals surface area contributed by atoms with Crippen molar-refractivity contribution in [2.45, 2.75) is 30.6 Å². The minimum atomic E-state index is -1.33. The minimum absolute atomic E-state index is 0.0635. The van der Waals surface area contributed by atoms with Gasteiger partial charge in [0.05, 0.1) is 5.92 Å². The van der Waals surface area contributed by atoms with Gasteiger partial charge in [-0.1, -0.05) is 30.3 Å². The average Bonchev–Trinajstić information content (AvgIpc) is 2.26. The summed E-state index contributed by atoms with van der Waals surface area (Å²) in [6, 6.07) is 9.07. The van der Waals surface area contributed by atoms with E-state index in [2.05, 4.69) is 15.9 Å².